The summed E-state index contributed by atoms with van der Waals surface area (Å²) in [5.74, 6) is -1.01. The maximum Gasteiger partial charge on any atom is 0.306 e. The normalized spacial score (nSPS) is 13.2. The van der Waals surface area contributed by atoms with Crippen LogP contribution >= 0.6 is 0 Å². The van der Waals surface area contributed by atoms with Gasteiger partial charge in [0.25, 0.3) is 0 Å². The second kappa shape index (κ2) is 55.1. The molecule has 0 bridgehead atoms. The van der Waals surface area contributed by atoms with Crippen LogP contribution in [0.4, 0.5) is 0 Å². The van der Waals surface area contributed by atoms with E-state index in [2.05, 4.69) is 154 Å². The van der Waals surface area contributed by atoms with Gasteiger partial charge in [0.2, 0.25) is 0 Å². The van der Waals surface area contributed by atoms with Gasteiger partial charge in [0.15, 0.2) is 6.10 Å². The summed E-state index contributed by atoms with van der Waals surface area (Å²) in [4.78, 5) is 38.0. The Morgan fingerprint density at radius 1 is 0.309 bits per heavy atom. The first kappa shape index (κ1) is 63.5. The van der Waals surface area contributed by atoms with E-state index in [0.717, 1.165) is 141 Å². The number of esters is 3. The number of ether oxygens (including phenoxy) is 3. The molecule has 0 N–H and O–H groups in total. The molecule has 0 saturated carbocycles. The van der Waals surface area contributed by atoms with E-state index in [1.807, 2.05) is 0 Å². The first-order chi connectivity index (χ1) is 33.5. The van der Waals surface area contributed by atoms with E-state index in [0.29, 0.717) is 19.3 Å². The predicted octanol–water partition coefficient (Wildman–Crippen LogP) is 18.3. The Labute approximate surface area is 417 Å². The molecule has 6 nitrogen and oxygen atoms in total. The lowest BCUT2D eigenvalue weighted by Crippen LogP contribution is -2.30. The topological polar surface area (TPSA) is 78.9 Å². The third-order valence-electron chi connectivity index (χ3n) is 10.9. The van der Waals surface area contributed by atoms with E-state index in [1.165, 1.54) is 32.1 Å². The van der Waals surface area contributed by atoms with Gasteiger partial charge in [-0.05, 0) is 128 Å². The Balaban J connectivity index is 4.52. The molecule has 0 aromatic carbocycles. The lowest BCUT2D eigenvalue weighted by molar-refractivity contribution is -0.167. The fourth-order valence-electron chi connectivity index (χ4n) is 6.85. The molecule has 1 atom stereocenters. The van der Waals surface area contributed by atoms with Gasteiger partial charge in [0.1, 0.15) is 13.2 Å². The summed E-state index contributed by atoms with van der Waals surface area (Å²) in [7, 11) is 0. The lowest BCUT2D eigenvalue weighted by atomic mass is 10.1. The zero-order valence-corrected chi connectivity index (χ0v) is 43.6. The second-order valence-electron chi connectivity index (χ2n) is 17.4. The van der Waals surface area contributed by atoms with E-state index in [4.69, 9.17) is 14.2 Å². The summed E-state index contributed by atoms with van der Waals surface area (Å²) in [5.41, 5.74) is 0. The maximum atomic E-state index is 12.8. The number of hydrogen-bond acceptors (Lipinski definition) is 6. The SMILES string of the molecule is CC/C=C\C/C=C\C/C=C\C/C=C\C/C=C\CCCCCCCC(=O)OCC(COC(=O)CCCCCCC/C=C\CCCCC)OC(=O)CCC/C=C\C/C=C\C/C=C\C/C=C\C/C=C\CC. The second-order valence-corrected chi connectivity index (χ2v) is 17.4. The molecule has 68 heavy (non-hydrogen) atoms. The molecule has 0 aromatic heterocycles. The predicted molar refractivity (Wildman–Crippen MR) is 292 cm³/mol. The Morgan fingerprint density at radius 2 is 0.588 bits per heavy atom. The van der Waals surface area contributed by atoms with E-state index < -0.39 is 6.10 Å². The van der Waals surface area contributed by atoms with Crippen molar-refractivity contribution >= 4 is 17.9 Å². The molecular formula is C62H98O6. The van der Waals surface area contributed by atoms with Crippen LogP contribution in [0.25, 0.3) is 0 Å². The van der Waals surface area contributed by atoms with Crippen molar-refractivity contribution in [1.82, 2.24) is 0 Å². The third kappa shape index (κ3) is 52.5. The van der Waals surface area contributed by atoms with Crippen LogP contribution in [0.3, 0.4) is 0 Å². The van der Waals surface area contributed by atoms with Crippen molar-refractivity contribution in [1.29, 1.82) is 0 Å². The highest BCUT2D eigenvalue weighted by Crippen LogP contribution is 2.12. The van der Waals surface area contributed by atoms with Crippen LogP contribution in [0.2, 0.25) is 0 Å². The summed E-state index contributed by atoms with van der Waals surface area (Å²) in [6.07, 6.45) is 77.3. The van der Waals surface area contributed by atoms with Gasteiger partial charge in [0, 0.05) is 19.3 Å². The molecule has 6 heteroatoms. The van der Waals surface area contributed by atoms with Gasteiger partial charge >= 0.3 is 17.9 Å². The van der Waals surface area contributed by atoms with Gasteiger partial charge in [-0.3, -0.25) is 14.4 Å². The molecule has 382 valence electrons. The summed E-state index contributed by atoms with van der Waals surface area (Å²) in [6, 6.07) is 0. The molecule has 0 fully saturated rings. The van der Waals surface area contributed by atoms with E-state index in [9.17, 15) is 14.4 Å². The van der Waals surface area contributed by atoms with Crippen LogP contribution in [-0.2, 0) is 28.6 Å². The van der Waals surface area contributed by atoms with Crippen molar-refractivity contribution in [2.75, 3.05) is 13.2 Å². The van der Waals surface area contributed by atoms with Crippen LogP contribution in [-0.4, -0.2) is 37.2 Å². The number of unbranched alkanes of at least 4 members (excludes halogenated alkanes) is 14. The third-order valence-corrected chi connectivity index (χ3v) is 10.9. The van der Waals surface area contributed by atoms with Gasteiger partial charge in [-0.1, -0.05) is 206 Å². The van der Waals surface area contributed by atoms with Crippen LogP contribution in [0.1, 0.15) is 220 Å². The van der Waals surface area contributed by atoms with E-state index in [1.54, 1.807) is 0 Å². The number of allylic oxidation sites excluding steroid dienone is 22. The molecule has 0 aliphatic rings. The van der Waals surface area contributed by atoms with E-state index in [-0.39, 0.29) is 37.5 Å². The average Bonchev–Trinajstić information content (AvgIpc) is 3.34. The van der Waals surface area contributed by atoms with Crippen LogP contribution in [0.15, 0.2) is 134 Å². The molecule has 0 amide bonds. The minimum absolute atomic E-state index is 0.116. The molecule has 1 unspecified atom stereocenters. The molecule has 0 saturated heterocycles. The molecule has 0 radical (unpaired) electrons. The number of carbonyl (C=O) groups excluding carboxylic acids is 3. The molecule has 0 heterocycles. The Bertz CT molecular complexity index is 1500. The number of carbonyl (C=O) groups is 3. The Morgan fingerprint density at radius 3 is 0.956 bits per heavy atom. The highest BCUT2D eigenvalue weighted by Gasteiger charge is 2.19. The largest absolute Gasteiger partial charge is 0.462 e. The van der Waals surface area contributed by atoms with Gasteiger partial charge in [-0.15, -0.1) is 0 Å². The number of hydrogen-bond donors (Lipinski definition) is 0. The standard InChI is InChI=1S/C62H98O6/c1-4-7-10-13-16-19-22-25-27-29-30-31-32-34-35-37-40-43-46-49-52-55-61(64)67-58-59(57-66-60(63)54-51-48-45-42-39-24-21-18-15-12-9-6-3)68-62(65)56-53-50-47-44-41-38-36-33-28-26-23-20-17-14-11-8-5-2/h7-8,10-11,16-21,25-28,30-31,34-36,38,44,47,59H,4-6,9,12-15,22-24,29,32-33,37,39-43,45-46,48-58H2,1-3H3/b10-7-,11-8-,19-16-,20-17-,21-18-,27-25-,28-26-,31-30-,35-34-,38-36-,47-44-. The number of rotatable bonds is 47. The summed E-state index contributed by atoms with van der Waals surface area (Å²) in [5, 5.41) is 0. The fraction of sp³-hybridized carbons (Fsp3) is 0.597. The average molecular weight is 939 g/mol. The lowest BCUT2D eigenvalue weighted by Gasteiger charge is -2.18. The summed E-state index contributed by atoms with van der Waals surface area (Å²) in [6.45, 7) is 6.30. The minimum atomic E-state index is -0.824. The molecule has 0 spiro atoms. The van der Waals surface area contributed by atoms with Crippen LogP contribution < -0.4 is 0 Å². The van der Waals surface area contributed by atoms with Crippen molar-refractivity contribution < 1.29 is 28.6 Å². The maximum absolute atomic E-state index is 12.8. The van der Waals surface area contributed by atoms with Crippen LogP contribution in [0.5, 0.6) is 0 Å². The molecule has 0 rings (SSSR count). The van der Waals surface area contributed by atoms with Crippen molar-refractivity contribution in [3.63, 3.8) is 0 Å². The zero-order valence-electron chi connectivity index (χ0n) is 43.6. The quantitative estimate of drug-likeness (QED) is 0.0262. The van der Waals surface area contributed by atoms with E-state index >= 15 is 0 Å². The first-order valence-corrected chi connectivity index (χ1v) is 27.2. The van der Waals surface area contributed by atoms with Crippen LogP contribution in [0, 0.1) is 0 Å². The zero-order chi connectivity index (χ0) is 49.3. The van der Waals surface area contributed by atoms with Crippen molar-refractivity contribution in [3.8, 4) is 0 Å². The van der Waals surface area contributed by atoms with Crippen molar-refractivity contribution in [2.45, 2.75) is 226 Å². The van der Waals surface area contributed by atoms with Gasteiger partial charge in [0.05, 0.1) is 0 Å². The molecule has 0 aromatic rings. The summed E-state index contributed by atoms with van der Waals surface area (Å²) >= 11 is 0. The van der Waals surface area contributed by atoms with Gasteiger partial charge in [-0.2, -0.15) is 0 Å². The minimum Gasteiger partial charge on any atom is -0.462 e. The molecular weight excluding hydrogens is 841 g/mol. The smallest absolute Gasteiger partial charge is 0.306 e. The highest BCUT2D eigenvalue weighted by atomic mass is 16.6. The van der Waals surface area contributed by atoms with Gasteiger partial charge in [-0.25, -0.2) is 0 Å². The Kier molecular flexibility index (Phi) is 51.5. The highest BCUT2D eigenvalue weighted by molar-refractivity contribution is 5.71. The first-order valence-electron chi connectivity index (χ1n) is 27.2. The van der Waals surface area contributed by atoms with Crippen molar-refractivity contribution in [2.24, 2.45) is 0 Å². The Hall–Kier alpha value is -4.45. The molecule has 0 aliphatic carbocycles. The van der Waals surface area contributed by atoms with Crippen molar-refractivity contribution in [3.05, 3.63) is 134 Å². The monoisotopic (exact) mass is 939 g/mol. The fourth-order valence-corrected chi connectivity index (χ4v) is 6.85. The molecule has 0 aliphatic heterocycles. The summed E-state index contributed by atoms with van der Waals surface area (Å²) < 4.78 is 16.7. The van der Waals surface area contributed by atoms with Gasteiger partial charge < -0.3 is 14.2 Å².